The van der Waals surface area contributed by atoms with Crippen molar-refractivity contribution in [3.8, 4) is 0 Å². The normalized spacial score (nSPS) is 10.7. The van der Waals surface area contributed by atoms with Gasteiger partial charge in [-0.05, 0) is 24.6 Å². The molecule has 11 heavy (non-hydrogen) atoms. The monoisotopic (exact) mass is 227 g/mol. The smallest absolute Gasteiger partial charge is 0.0825 e. The molecule has 0 saturated heterocycles. The van der Waals surface area contributed by atoms with Crippen LogP contribution in [0.15, 0.2) is 22.1 Å². The summed E-state index contributed by atoms with van der Waals surface area (Å²) >= 11 is 5.12. The van der Waals surface area contributed by atoms with Crippen molar-refractivity contribution in [1.82, 2.24) is 4.98 Å². The second-order valence-corrected chi connectivity index (χ2v) is 4.19. The lowest BCUT2D eigenvalue weighted by atomic mass is 10.2. The minimum atomic E-state index is 1.09. The molecule has 3 heteroatoms. The maximum absolute atomic E-state index is 4.23. The molecule has 0 saturated carbocycles. The number of aryl methyl sites for hydroxylation is 1. The average Bonchev–Trinajstić information content (AvgIpc) is 2.34. The molecule has 0 aliphatic heterocycles. The first kappa shape index (κ1) is 7.25. The van der Waals surface area contributed by atoms with Crippen LogP contribution < -0.4 is 0 Å². The van der Waals surface area contributed by atoms with Crippen LogP contribution in [0.25, 0.3) is 10.2 Å². The van der Waals surface area contributed by atoms with Gasteiger partial charge in [-0.3, -0.25) is 0 Å². The Labute approximate surface area is 77.2 Å². The van der Waals surface area contributed by atoms with Crippen LogP contribution in [0.3, 0.4) is 0 Å². The molecule has 56 valence electrons. The number of thiazole rings is 1. The zero-order valence-corrected chi connectivity index (χ0v) is 8.37. The van der Waals surface area contributed by atoms with Crippen LogP contribution in [-0.4, -0.2) is 4.98 Å². The molecule has 0 aliphatic rings. The van der Waals surface area contributed by atoms with Crippen LogP contribution in [0.5, 0.6) is 0 Å². The van der Waals surface area contributed by atoms with Crippen LogP contribution in [0.2, 0.25) is 0 Å². The Morgan fingerprint density at radius 1 is 1.45 bits per heavy atom. The molecule has 1 heterocycles. The summed E-state index contributed by atoms with van der Waals surface area (Å²) in [5.74, 6) is 0. The molecule has 0 bridgehead atoms. The molecule has 1 aromatic carbocycles. The van der Waals surface area contributed by atoms with Gasteiger partial charge >= 0.3 is 0 Å². The number of aromatic nitrogens is 1. The summed E-state index contributed by atoms with van der Waals surface area (Å²) in [5.41, 5.74) is 4.25. The van der Waals surface area contributed by atoms with Crippen LogP contribution >= 0.6 is 27.3 Å². The third kappa shape index (κ3) is 1.19. The van der Waals surface area contributed by atoms with E-state index in [0.717, 1.165) is 9.99 Å². The first-order chi connectivity index (χ1) is 5.27. The summed E-state index contributed by atoms with van der Waals surface area (Å²) in [6.07, 6.45) is 0. The van der Waals surface area contributed by atoms with E-state index in [2.05, 4.69) is 33.9 Å². The van der Waals surface area contributed by atoms with Gasteiger partial charge in [0.25, 0.3) is 0 Å². The third-order valence-electron chi connectivity index (χ3n) is 1.58. The van der Waals surface area contributed by atoms with Crippen molar-refractivity contribution in [2.24, 2.45) is 0 Å². The quantitative estimate of drug-likeness (QED) is 0.673. The highest BCUT2D eigenvalue weighted by Crippen LogP contribution is 2.25. The molecule has 1 aromatic heterocycles. The maximum atomic E-state index is 4.23. The highest BCUT2D eigenvalue weighted by Gasteiger charge is 2.00. The predicted molar refractivity (Wildman–Crippen MR) is 52.1 cm³/mol. The Morgan fingerprint density at radius 3 is 3.09 bits per heavy atom. The molecular formula is C8H6BrNS. The molecule has 0 aliphatic carbocycles. The van der Waals surface area contributed by atoms with E-state index in [1.165, 1.54) is 10.3 Å². The van der Waals surface area contributed by atoms with E-state index in [1.54, 1.807) is 11.3 Å². The molecule has 0 spiro atoms. The number of rotatable bonds is 0. The fourth-order valence-corrected chi connectivity index (χ4v) is 2.41. The fraction of sp³-hybridized carbons (Fsp3) is 0.125. The van der Waals surface area contributed by atoms with E-state index in [4.69, 9.17) is 0 Å². The van der Waals surface area contributed by atoms with Gasteiger partial charge in [-0.1, -0.05) is 15.9 Å². The SMILES string of the molecule is Cc1cc(Br)cc2ncsc12. The highest BCUT2D eigenvalue weighted by atomic mass is 79.9. The van der Waals surface area contributed by atoms with Crippen molar-refractivity contribution in [1.29, 1.82) is 0 Å². The lowest BCUT2D eigenvalue weighted by Crippen LogP contribution is -1.73. The number of halogens is 1. The second-order valence-electron chi connectivity index (χ2n) is 2.42. The Balaban J connectivity index is 2.91. The Kier molecular flexibility index (Phi) is 1.69. The van der Waals surface area contributed by atoms with Crippen molar-refractivity contribution in [2.75, 3.05) is 0 Å². The van der Waals surface area contributed by atoms with Gasteiger partial charge in [0.2, 0.25) is 0 Å². The van der Waals surface area contributed by atoms with Crippen LogP contribution in [0.1, 0.15) is 5.56 Å². The van der Waals surface area contributed by atoms with Gasteiger partial charge in [-0.25, -0.2) is 4.98 Å². The fourth-order valence-electron chi connectivity index (χ4n) is 1.10. The molecule has 1 nitrogen and oxygen atoms in total. The van der Waals surface area contributed by atoms with E-state index in [1.807, 2.05) is 11.6 Å². The highest BCUT2D eigenvalue weighted by molar-refractivity contribution is 9.10. The van der Waals surface area contributed by atoms with Crippen LogP contribution in [0.4, 0.5) is 0 Å². The standard InChI is InChI=1S/C8H6BrNS/c1-5-2-6(9)3-7-8(5)11-4-10-7/h2-4H,1H3. The second kappa shape index (κ2) is 2.57. The average molecular weight is 228 g/mol. The molecule has 0 radical (unpaired) electrons. The predicted octanol–water partition coefficient (Wildman–Crippen LogP) is 3.37. The first-order valence-electron chi connectivity index (χ1n) is 3.27. The van der Waals surface area contributed by atoms with E-state index in [0.29, 0.717) is 0 Å². The number of fused-ring (bicyclic) bond motifs is 1. The molecule has 2 rings (SSSR count). The topological polar surface area (TPSA) is 12.9 Å². The summed E-state index contributed by atoms with van der Waals surface area (Å²) in [5, 5.41) is 0. The Bertz CT molecular complexity index is 394. The van der Waals surface area contributed by atoms with Crippen molar-refractivity contribution >= 4 is 37.5 Å². The summed E-state index contributed by atoms with van der Waals surface area (Å²) in [4.78, 5) is 4.23. The molecule has 0 N–H and O–H groups in total. The van der Waals surface area contributed by atoms with E-state index in [9.17, 15) is 0 Å². The van der Waals surface area contributed by atoms with Gasteiger partial charge < -0.3 is 0 Å². The van der Waals surface area contributed by atoms with Crippen molar-refractivity contribution < 1.29 is 0 Å². The van der Waals surface area contributed by atoms with Crippen molar-refractivity contribution in [3.05, 3.63) is 27.7 Å². The van der Waals surface area contributed by atoms with E-state index in [-0.39, 0.29) is 0 Å². The number of nitrogens with zero attached hydrogens (tertiary/aromatic N) is 1. The lowest BCUT2D eigenvalue weighted by molar-refractivity contribution is 1.46. The molecule has 0 fully saturated rings. The largest absolute Gasteiger partial charge is 0.245 e. The zero-order chi connectivity index (χ0) is 7.84. The van der Waals surface area contributed by atoms with Crippen LogP contribution in [0, 0.1) is 6.92 Å². The number of benzene rings is 1. The Morgan fingerprint density at radius 2 is 2.27 bits per heavy atom. The minimum Gasteiger partial charge on any atom is -0.245 e. The third-order valence-corrected chi connectivity index (χ3v) is 3.02. The lowest BCUT2D eigenvalue weighted by Gasteiger charge is -1.94. The molecule has 0 atom stereocenters. The van der Waals surface area contributed by atoms with Gasteiger partial charge in [0.1, 0.15) is 0 Å². The molecular weight excluding hydrogens is 222 g/mol. The summed E-state index contributed by atoms with van der Waals surface area (Å²) in [6, 6.07) is 4.15. The summed E-state index contributed by atoms with van der Waals surface area (Å²) in [6.45, 7) is 2.10. The number of hydrogen-bond acceptors (Lipinski definition) is 2. The summed E-state index contributed by atoms with van der Waals surface area (Å²) in [7, 11) is 0. The molecule has 0 amide bonds. The van der Waals surface area contributed by atoms with Gasteiger partial charge in [-0.15, -0.1) is 11.3 Å². The van der Waals surface area contributed by atoms with E-state index < -0.39 is 0 Å². The molecule has 0 unspecified atom stereocenters. The first-order valence-corrected chi connectivity index (χ1v) is 4.94. The molecule has 2 aromatic rings. The van der Waals surface area contributed by atoms with Gasteiger partial charge in [-0.2, -0.15) is 0 Å². The summed E-state index contributed by atoms with van der Waals surface area (Å²) < 4.78 is 2.39. The van der Waals surface area contributed by atoms with Crippen molar-refractivity contribution in [2.45, 2.75) is 6.92 Å². The zero-order valence-electron chi connectivity index (χ0n) is 5.97. The minimum absolute atomic E-state index is 1.09. The Hall–Kier alpha value is -0.410. The number of hydrogen-bond donors (Lipinski definition) is 0. The van der Waals surface area contributed by atoms with Gasteiger partial charge in [0.05, 0.1) is 15.7 Å². The van der Waals surface area contributed by atoms with Crippen LogP contribution in [-0.2, 0) is 0 Å². The maximum Gasteiger partial charge on any atom is 0.0825 e. The van der Waals surface area contributed by atoms with Gasteiger partial charge in [0, 0.05) is 4.47 Å². The van der Waals surface area contributed by atoms with Gasteiger partial charge in [0.15, 0.2) is 0 Å². The van der Waals surface area contributed by atoms with E-state index >= 15 is 0 Å². The van der Waals surface area contributed by atoms with Crippen molar-refractivity contribution in [3.63, 3.8) is 0 Å².